The number of fused-ring (bicyclic) bond motifs is 1. The molecule has 4 nitrogen and oxygen atoms in total. The molecular formula is C12H10N4. The van der Waals surface area contributed by atoms with E-state index in [0.717, 1.165) is 11.3 Å². The Bertz CT molecular complexity index is 642. The molecule has 0 amide bonds. The molecule has 0 spiro atoms. The molecule has 0 aliphatic rings. The van der Waals surface area contributed by atoms with Crippen LogP contribution in [0.3, 0.4) is 0 Å². The summed E-state index contributed by atoms with van der Waals surface area (Å²) < 4.78 is 1.96. The van der Waals surface area contributed by atoms with Crippen molar-refractivity contribution in [3.63, 3.8) is 0 Å². The van der Waals surface area contributed by atoms with Crippen molar-refractivity contribution in [1.29, 1.82) is 0 Å². The fraction of sp³-hybridized carbons (Fsp3) is 0. The molecule has 4 heteroatoms. The second-order valence-corrected chi connectivity index (χ2v) is 3.55. The Hall–Kier alpha value is -2.36. The van der Waals surface area contributed by atoms with Crippen molar-refractivity contribution in [1.82, 2.24) is 14.5 Å². The van der Waals surface area contributed by atoms with E-state index in [4.69, 9.17) is 5.73 Å². The first-order valence-electron chi connectivity index (χ1n) is 4.98. The fourth-order valence-electron chi connectivity index (χ4n) is 1.80. The molecule has 0 saturated carbocycles. The topological polar surface area (TPSA) is 56.7 Å². The van der Waals surface area contributed by atoms with Gasteiger partial charge in [0.1, 0.15) is 6.33 Å². The van der Waals surface area contributed by atoms with Crippen LogP contribution in [0.5, 0.6) is 0 Å². The van der Waals surface area contributed by atoms with Crippen LogP contribution >= 0.6 is 0 Å². The molecule has 0 bridgehead atoms. The van der Waals surface area contributed by atoms with Crippen LogP contribution in [-0.2, 0) is 0 Å². The lowest BCUT2D eigenvalue weighted by Gasteiger charge is -2.06. The molecule has 78 valence electrons. The summed E-state index contributed by atoms with van der Waals surface area (Å²) >= 11 is 0. The van der Waals surface area contributed by atoms with E-state index in [1.54, 1.807) is 6.20 Å². The van der Waals surface area contributed by atoms with Crippen molar-refractivity contribution in [2.75, 3.05) is 5.73 Å². The minimum atomic E-state index is 0.573. The van der Waals surface area contributed by atoms with Crippen LogP contribution in [0, 0.1) is 0 Å². The highest BCUT2D eigenvalue weighted by Gasteiger charge is 2.06. The van der Waals surface area contributed by atoms with Gasteiger partial charge < -0.3 is 5.73 Å². The minimum Gasteiger partial charge on any atom is -0.394 e. The molecule has 0 aliphatic heterocycles. The Morgan fingerprint density at radius 2 is 2.00 bits per heavy atom. The first-order chi connectivity index (χ1) is 7.86. The van der Waals surface area contributed by atoms with Gasteiger partial charge in [0.25, 0.3) is 0 Å². The normalized spacial score (nSPS) is 10.8. The molecule has 0 fully saturated rings. The van der Waals surface area contributed by atoms with Gasteiger partial charge in [-0.25, -0.2) is 9.97 Å². The van der Waals surface area contributed by atoms with Gasteiger partial charge in [-0.1, -0.05) is 18.2 Å². The van der Waals surface area contributed by atoms with Gasteiger partial charge in [0.15, 0.2) is 5.82 Å². The van der Waals surface area contributed by atoms with E-state index in [9.17, 15) is 0 Å². The highest BCUT2D eigenvalue weighted by atomic mass is 15.1. The summed E-state index contributed by atoms with van der Waals surface area (Å²) in [6.07, 6.45) is 5.07. The third kappa shape index (κ3) is 1.24. The molecule has 3 aromatic rings. The van der Waals surface area contributed by atoms with E-state index >= 15 is 0 Å². The standard InChI is InChI=1S/C12H10N4/c13-10-7-14-8-15-12(10)16-6-5-9-3-1-2-4-11(9)16/h1-8H,13H2. The predicted molar refractivity (Wildman–Crippen MR) is 63.3 cm³/mol. The number of aromatic nitrogens is 3. The Kier molecular flexibility index (Phi) is 1.86. The number of hydrogen-bond acceptors (Lipinski definition) is 3. The maximum atomic E-state index is 5.86. The van der Waals surface area contributed by atoms with Crippen LogP contribution < -0.4 is 5.73 Å². The van der Waals surface area contributed by atoms with Crippen LogP contribution in [0.1, 0.15) is 0 Å². The van der Waals surface area contributed by atoms with Gasteiger partial charge in [-0.15, -0.1) is 0 Å². The van der Waals surface area contributed by atoms with E-state index in [2.05, 4.69) is 16.0 Å². The summed E-state index contributed by atoms with van der Waals surface area (Å²) in [7, 11) is 0. The summed E-state index contributed by atoms with van der Waals surface area (Å²) in [4.78, 5) is 8.08. The molecule has 2 N–H and O–H groups in total. The first kappa shape index (κ1) is 8.91. The number of hydrogen-bond donors (Lipinski definition) is 1. The molecule has 0 saturated heterocycles. The van der Waals surface area contributed by atoms with Gasteiger partial charge in [-0.05, 0) is 17.5 Å². The lowest BCUT2D eigenvalue weighted by Crippen LogP contribution is -2.01. The molecule has 0 atom stereocenters. The smallest absolute Gasteiger partial charge is 0.163 e. The van der Waals surface area contributed by atoms with Gasteiger partial charge >= 0.3 is 0 Å². The van der Waals surface area contributed by atoms with E-state index in [1.807, 2.05) is 35.0 Å². The number of benzene rings is 1. The van der Waals surface area contributed by atoms with Crippen LogP contribution in [0.2, 0.25) is 0 Å². The van der Waals surface area contributed by atoms with Crippen LogP contribution in [0.15, 0.2) is 49.1 Å². The quantitative estimate of drug-likeness (QED) is 0.668. The van der Waals surface area contributed by atoms with Gasteiger partial charge in [0.05, 0.1) is 17.4 Å². The Morgan fingerprint density at radius 3 is 2.88 bits per heavy atom. The molecular weight excluding hydrogens is 200 g/mol. The number of nitrogens with two attached hydrogens (primary N) is 1. The van der Waals surface area contributed by atoms with E-state index in [-0.39, 0.29) is 0 Å². The fourth-order valence-corrected chi connectivity index (χ4v) is 1.80. The maximum absolute atomic E-state index is 5.86. The summed E-state index contributed by atoms with van der Waals surface area (Å²) in [6, 6.07) is 10.1. The van der Waals surface area contributed by atoms with Crippen molar-refractivity contribution in [3.05, 3.63) is 49.1 Å². The second-order valence-electron chi connectivity index (χ2n) is 3.55. The largest absolute Gasteiger partial charge is 0.394 e. The average Bonchev–Trinajstić information content (AvgIpc) is 2.74. The minimum absolute atomic E-state index is 0.573. The Morgan fingerprint density at radius 1 is 1.12 bits per heavy atom. The maximum Gasteiger partial charge on any atom is 0.163 e. The molecule has 0 unspecified atom stereocenters. The number of para-hydroxylation sites is 1. The van der Waals surface area contributed by atoms with Crippen LogP contribution in [0.25, 0.3) is 16.7 Å². The van der Waals surface area contributed by atoms with Gasteiger partial charge in [-0.2, -0.15) is 0 Å². The highest BCUT2D eigenvalue weighted by molar-refractivity contribution is 5.82. The van der Waals surface area contributed by atoms with Crippen molar-refractivity contribution < 1.29 is 0 Å². The van der Waals surface area contributed by atoms with Gasteiger partial charge in [0.2, 0.25) is 0 Å². The SMILES string of the molecule is Nc1cncnc1-n1ccc2ccccc21. The Labute approximate surface area is 92.4 Å². The third-order valence-corrected chi connectivity index (χ3v) is 2.55. The highest BCUT2D eigenvalue weighted by Crippen LogP contribution is 2.21. The number of nitrogens with zero attached hydrogens (tertiary/aromatic N) is 3. The molecule has 2 aromatic heterocycles. The second kappa shape index (κ2) is 3.34. The molecule has 1 aromatic carbocycles. The lowest BCUT2D eigenvalue weighted by atomic mass is 10.2. The van der Waals surface area contributed by atoms with Crippen LogP contribution in [-0.4, -0.2) is 14.5 Å². The van der Waals surface area contributed by atoms with Crippen molar-refractivity contribution in [3.8, 4) is 5.82 Å². The first-order valence-corrected chi connectivity index (χ1v) is 4.98. The van der Waals surface area contributed by atoms with Crippen molar-refractivity contribution in [2.24, 2.45) is 0 Å². The van der Waals surface area contributed by atoms with Crippen molar-refractivity contribution >= 4 is 16.6 Å². The zero-order valence-corrected chi connectivity index (χ0v) is 8.54. The van der Waals surface area contributed by atoms with Crippen LogP contribution in [0.4, 0.5) is 5.69 Å². The van der Waals surface area contributed by atoms with E-state index in [1.165, 1.54) is 11.7 Å². The van der Waals surface area contributed by atoms with Gasteiger partial charge in [-0.3, -0.25) is 4.57 Å². The monoisotopic (exact) mass is 210 g/mol. The average molecular weight is 210 g/mol. The number of rotatable bonds is 1. The number of nitrogen functional groups attached to an aromatic ring is 1. The third-order valence-electron chi connectivity index (χ3n) is 2.55. The summed E-state index contributed by atoms with van der Waals surface area (Å²) in [5.41, 5.74) is 7.52. The summed E-state index contributed by atoms with van der Waals surface area (Å²) in [5.74, 6) is 0.719. The van der Waals surface area contributed by atoms with Gasteiger partial charge in [0, 0.05) is 6.20 Å². The summed E-state index contributed by atoms with van der Waals surface area (Å²) in [6.45, 7) is 0. The molecule has 16 heavy (non-hydrogen) atoms. The van der Waals surface area contributed by atoms with Crippen molar-refractivity contribution in [2.45, 2.75) is 0 Å². The predicted octanol–water partition coefficient (Wildman–Crippen LogP) is 2.00. The molecule has 3 rings (SSSR count). The summed E-state index contributed by atoms with van der Waals surface area (Å²) in [5, 5.41) is 1.17. The Balaban J connectivity index is 2.31. The van der Waals surface area contributed by atoms with E-state index in [0.29, 0.717) is 5.69 Å². The zero-order chi connectivity index (χ0) is 11.0. The molecule has 0 radical (unpaired) electrons. The lowest BCUT2D eigenvalue weighted by molar-refractivity contribution is 1.02. The zero-order valence-electron chi connectivity index (χ0n) is 8.54. The molecule has 0 aliphatic carbocycles. The number of anilines is 1. The van der Waals surface area contributed by atoms with E-state index < -0.39 is 0 Å². The molecule has 2 heterocycles.